The number of thiophene rings is 1. The van der Waals surface area contributed by atoms with Crippen LogP contribution in [0.1, 0.15) is 49.9 Å². The van der Waals surface area contributed by atoms with E-state index in [1.54, 1.807) is 11.3 Å². The lowest BCUT2D eigenvalue weighted by molar-refractivity contribution is -0.123. The Bertz CT molecular complexity index is 546. The fourth-order valence-electron chi connectivity index (χ4n) is 3.82. The van der Waals surface area contributed by atoms with Gasteiger partial charge in [0.2, 0.25) is 11.8 Å². The molecule has 0 spiro atoms. The molecule has 2 aliphatic heterocycles. The Kier molecular flexibility index (Phi) is 5.33. The van der Waals surface area contributed by atoms with Crippen LogP contribution in [0.2, 0.25) is 0 Å². The highest BCUT2D eigenvalue weighted by Crippen LogP contribution is 2.28. The van der Waals surface area contributed by atoms with Crippen LogP contribution in [0, 0.1) is 0 Å². The van der Waals surface area contributed by atoms with Crippen LogP contribution < -0.4 is 10.6 Å². The van der Waals surface area contributed by atoms with Crippen LogP contribution in [-0.2, 0) is 9.59 Å². The number of nitrogens with zero attached hydrogens (tertiary/aromatic N) is 1. The van der Waals surface area contributed by atoms with Gasteiger partial charge in [0.25, 0.3) is 0 Å². The lowest BCUT2D eigenvalue weighted by Crippen LogP contribution is -2.47. The maximum atomic E-state index is 12.5. The second-order valence-electron chi connectivity index (χ2n) is 6.53. The van der Waals surface area contributed by atoms with Gasteiger partial charge in [0.1, 0.15) is 0 Å². The van der Waals surface area contributed by atoms with E-state index in [0.717, 1.165) is 17.8 Å². The minimum absolute atomic E-state index is 0.0366. The second-order valence-corrected chi connectivity index (χ2v) is 7.51. The first-order valence-electron chi connectivity index (χ1n) is 8.47. The third-order valence-electron chi connectivity index (χ3n) is 4.86. The summed E-state index contributed by atoms with van der Waals surface area (Å²) in [6.07, 6.45) is 5.08. The SMILES string of the molecule is CC(=O)NC(CC(=O)NC1CCN2CCCCC12)c1cccs1. The molecule has 3 unspecified atom stereocenters. The average molecular weight is 335 g/mol. The molecule has 2 amide bonds. The van der Waals surface area contributed by atoms with Gasteiger partial charge in [-0.2, -0.15) is 0 Å². The van der Waals surface area contributed by atoms with Crippen LogP contribution in [-0.4, -0.2) is 41.9 Å². The first-order chi connectivity index (χ1) is 11.1. The number of carbonyl (C=O) groups excluding carboxylic acids is 2. The summed E-state index contributed by atoms with van der Waals surface area (Å²) in [5, 5.41) is 8.08. The molecule has 0 aliphatic carbocycles. The molecule has 23 heavy (non-hydrogen) atoms. The number of hydrogen-bond acceptors (Lipinski definition) is 4. The molecule has 3 heterocycles. The molecule has 2 saturated heterocycles. The van der Waals surface area contributed by atoms with Crippen molar-refractivity contribution in [2.45, 2.75) is 57.2 Å². The molecule has 2 aliphatic rings. The summed E-state index contributed by atoms with van der Waals surface area (Å²) in [7, 11) is 0. The molecular formula is C17H25N3O2S. The van der Waals surface area contributed by atoms with Crippen LogP contribution >= 0.6 is 11.3 Å². The lowest BCUT2D eigenvalue weighted by Gasteiger charge is -2.32. The van der Waals surface area contributed by atoms with E-state index in [1.807, 2.05) is 17.5 Å². The molecule has 126 valence electrons. The fraction of sp³-hybridized carbons (Fsp3) is 0.647. The van der Waals surface area contributed by atoms with Crippen molar-refractivity contribution in [3.63, 3.8) is 0 Å². The highest BCUT2D eigenvalue weighted by molar-refractivity contribution is 7.10. The summed E-state index contributed by atoms with van der Waals surface area (Å²) in [5.74, 6) is -0.0647. The minimum Gasteiger partial charge on any atom is -0.352 e. The summed E-state index contributed by atoms with van der Waals surface area (Å²) >= 11 is 1.57. The molecule has 1 aromatic rings. The molecular weight excluding hydrogens is 310 g/mol. The number of fused-ring (bicyclic) bond motifs is 1. The predicted molar refractivity (Wildman–Crippen MR) is 91.3 cm³/mol. The van der Waals surface area contributed by atoms with E-state index in [4.69, 9.17) is 0 Å². The Hall–Kier alpha value is -1.40. The Morgan fingerprint density at radius 1 is 1.35 bits per heavy atom. The molecule has 6 heteroatoms. The normalized spacial score (nSPS) is 25.6. The van der Waals surface area contributed by atoms with Gasteiger partial charge in [0.15, 0.2) is 0 Å². The molecule has 3 rings (SSSR count). The highest BCUT2D eigenvalue weighted by atomic mass is 32.1. The van der Waals surface area contributed by atoms with E-state index >= 15 is 0 Å². The zero-order valence-electron chi connectivity index (χ0n) is 13.6. The van der Waals surface area contributed by atoms with Crippen molar-refractivity contribution in [1.82, 2.24) is 15.5 Å². The third kappa shape index (κ3) is 4.12. The molecule has 5 nitrogen and oxygen atoms in total. The largest absolute Gasteiger partial charge is 0.352 e. The molecule has 0 bridgehead atoms. The standard InChI is InChI=1S/C17H25N3O2S/c1-12(21)18-14(16-6-4-10-23-16)11-17(22)19-13-7-9-20-8-3-2-5-15(13)20/h4,6,10,13-15H,2-3,5,7-9,11H2,1H3,(H,18,21)(H,19,22). The van der Waals surface area contributed by atoms with Gasteiger partial charge in [-0.1, -0.05) is 12.5 Å². The van der Waals surface area contributed by atoms with Crippen LogP contribution in [0.15, 0.2) is 17.5 Å². The number of rotatable bonds is 5. The monoisotopic (exact) mass is 335 g/mol. The van der Waals surface area contributed by atoms with Crippen molar-refractivity contribution in [1.29, 1.82) is 0 Å². The summed E-state index contributed by atoms with van der Waals surface area (Å²) < 4.78 is 0. The molecule has 3 atom stereocenters. The van der Waals surface area contributed by atoms with Crippen molar-refractivity contribution in [3.05, 3.63) is 22.4 Å². The second kappa shape index (κ2) is 7.45. The lowest BCUT2D eigenvalue weighted by atomic mass is 9.99. The first kappa shape index (κ1) is 16.5. The van der Waals surface area contributed by atoms with Crippen molar-refractivity contribution in [3.8, 4) is 0 Å². The Labute approximate surface area is 141 Å². The van der Waals surface area contributed by atoms with Gasteiger partial charge >= 0.3 is 0 Å². The van der Waals surface area contributed by atoms with Crippen molar-refractivity contribution >= 4 is 23.2 Å². The maximum Gasteiger partial charge on any atom is 0.222 e. The van der Waals surface area contributed by atoms with E-state index < -0.39 is 0 Å². The molecule has 0 aromatic carbocycles. The summed E-state index contributed by atoms with van der Waals surface area (Å²) in [6, 6.07) is 4.47. The van der Waals surface area contributed by atoms with Crippen LogP contribution in [0.4, 0.5) is 0 Å². The third-order valence-corrected chi connectivity index (χ3v) is 5.84. The summed E-state index contributed by atoms with van der Waals surface area (Å²) in [4.78, 5) is 27.4. The van der Waals surface area contributed by atoms with E-state index in [0.29, 0.717) is 12.5 Å². The minimum atomic E-state index is -0.226. The van der Waals surface area contributed by atoms with E-state index in [-0.39, 0.29) is 23.9 Å². The number of piperidine rings is 1. The molecule has 0 saturated carbocycles. The van der Waals surface area contributed by atoms with Crippen LogP contribution in [0.3, 0.4) is 0 Å². The molecule has 1 aromatic heterocycles. The first-order valence-corrected chi connectivity index (χ1v) is 9.35. The average Bonchev–Trinajstić information content (AvgIpc) is 3.16. The van der Waals surface area contributed by atoms with Crippen molar-refractivity contribution in [2.75, 3.05) is 13.1 Å². The molecule has 0 radical (unpaired) electrons. The van der Waals surface area contributed by atoms with Crippen molar-refractivity contribution in [2.24, 2.45) is 0 Å². The smallest absolute Gasteiger partial charge is 0.222 e. The van der Waals surface area contributed by atoms with E-state index in [1.165, 1.54) is 32.7 Å². The zero-order chi connectivity index (χ0) is 16.2. The Balaban J connectivity index is 1.57. The Morgan fingerprint density at radius 3 is 2.96 bits per heavy atom. The predicted octanol–water partition coefficient (Wildman–Crippen LogP) is 2.06. The number of nitrogens with one attached hydrogen (secondary N) is 2. The van der Waals surface area contributed by atoms with Crippen LogP contribution in [0.5, 0.6) is 0 Å². The van der Waals surface area contributed by atoms with Gasteiger partial charge in [-0.3, -0.25) is 14.5 Å². The number of carbonyl (C=O) groups is 2. The van der Waals surface area contributed by atoms with Gasteiger partial charge < -0.3 is 10.6 Å². The van der Waals surface area contributed by atoms with E-state index in [2.05, 4.69) is 15.5 Å². The van der Waals surface area contributed by atoms with E-state index in [9.17, 15) is 9.59 Å². The van der Waals surface area contributed by atoms with Gasteiger partial charge in [-0.05, 0) is 37.3 Å². The Morgan fingerprint density at radius 2 is 2.22 bits per heavy atom. The number of amides is 2. The highest BCUT2D eigenvalue weighted by Gasteiger charge is 2.36. The van der Waals surface area contributed by atoms with Gasteiger partial charge in [0, 0.05) is 30.4 Å². The van der Waals surface area contributed by atoms with Crippen LogP contribution in [0.25, 0.3) is 0 Å². The van der Waals surface area contributed by atoms with Gasteiger partial charge in [0.05, 0.1) is 12.5 Å². The fourth-order valence-corrected chi connectivity index (χ4v) is 4.60. The van der Waals surface area contributed by atoms with Gasteiger partial charge in [-0.25, -0.2) is 0 Å². The summed E-state index contributed by atoms with van der Waals surface area (Å²) in [6.45, 7) is 3.76. The number of hydrogen-bond donors (Lipinski definition) is 2. The quantitative estimate of drug-likeness (QED) is 0.866. The molecule has 2 N–H and O–H groups in total. The zero-order valence-corrected chi connectivity index (χ0v) is 14.4. The van der Waals surface area contributed by atoms with Gasteiger partial charge in [-0.15, -0.1) is 11.3 Å². The topological polar surface area (TPSA) is 61.4 Å². The van der Waals surface area contributed by atoms with Crippen molar-refractivity contribution < 1.29 is 9.59 Å². The summed E-state index contributed by atoms with van der Waals surface area (Å²) in [5.41, 5.74) is 0. The molecule has 2 fully saturated rings. The maximum absolute atomic E-state index is 12.5.